The van der Waals surface area contributed by atoms with Gasteiger partial charge >= 0.3 is 12.0 Å². The van der Waals surface area contributed by atoms with Crippen molar-refractivity contribution < 1.29 is 19.1 Å². The number of ether oxygens (including phenoxy) is 1. The first kappa shape index (κ1) is 15.4. The summed E-state index contributed by atoms with van der Waals surface area (Å²) >= 11 is 0. The Morgan fingerprint density at radius 1 is 1.29 bits per heavy atom. The number of urea groups is 1. The first-order valence-electron chi connectivity index (χ1n) is 5.27. The number of esters is 1. The molecule has 3 amide bonds. The Hall–Kier alpha value is -1.63. The summed E-state index contributed by atoms with van der Waals surface area (Å²) in [4.78, 5) is 32.9. The zero-order valence-corrected chi connectivity index (χ0v) is 10.3. The number of hydrogen-bond acceptors (Lipinski definition) is 5. The molecule has 17 heavy (non-hydrogen) atoms. The molecular weight excluding hydrogens is 226 g/mol. The highest BCUT2D eigenvalue weighted by Crippen LogP contribution is 2.05. The summed E-state index contributed by atoms with van der Waals surface area (Å²) in [5.41, 5.74) is 4.78. The average molecular weight is 245 g/mol. The van der Waals surface area contributed by atoms with Gasteiger partial charge in [-0.25, -0.2) is 4.79 Å². The standard InChI is InChI=1S/C10H19N3O4/c1-6(2)4-7(9(15)17-3)12-5-8(14)13-10(11)16/h6-7,12H,4-5H2,1-3H3,(H3,11,13,14,16). The van der Waals surface area contributed by atoms with E-state index in [9.17, 15) is 14.4 Å². The maximum atomic E-state index is 11.4. The van der Waals surface area contributed by atoms with E-state index in [1.165, 1.54) is 7.11 Å². The molecule has 1 atom stereocenters. The molecule has 98 valence electrons. The van der Waals surface area contributed by atoms with Gasteiger partial charge < -0.3 is 10.5 Å². The van der Waals surface area contributed by atoms with E-state index in [2.05, 4.69) is 10.1 Å². The summed E-state index contributed by atoms with van der Waals surface area (Å²) in [6.45, 7) is 3.72. The van der Waals surface area contributed by atoms with E-state index in [0.29, 0.717) is 6.42 Å². The maximum Gasteiger partial charge on any atom is 0.322 e. The molecule has 0 fully saturated rings. The van der Waals surface area contributed by atoms with Crippen molar-refractivity contribution in [2.24, 2.45) is 11.7 Å². The van der Waals surface area contributed by atoms with Crippen molar-refractivity contribution in [1.29, 1.82) is 0 Å². The Kier molecular flexibility index (Phi) is 6.88. The number of nitrogens with one attached hydrogen (secondary N) is 2. The van der Waals surface area contributed by atoms with Crippen LogP contribution in [0.4, 0.5) is 4.79 Å². The van der Waals surface area contributed by atoms with E-state index < -0.39 is 23.9 Å². The molecule has 0 aliphatic rings. The molecule has 7 heteroatoms. The lowest BCUT2D eigenvalue weighted by Crippen LogP contribution is -2.46. The van der Waals surface area contributed by atoms with Gasteiger partial charge in [0.2, 0.25) is 5.91 Å². The van der Waals surface area contributed by atoms with Crippen LogP contribution in [0.25, 0.3) is 0 Å². The lowest BCUT2D eigenvalue weighted by molar-refractivity contribution is -0.143. The highest BCUT2D eigenvalue weighted by molar-refractivity contribution is 5.94. The molecule has 0 saturated carbocycles. The van der Waals surface area contributed by atoms with Crippen molar-refractivity contribution in [2.45, 2.75) is 26.3 Å². The minimum atomic E-state index is -0.921. The minimum absolute atomic E-state index is 0.171. The summed E-state index contributed by atoms with van der Waals surface area (Å²) in [5, 5.41) is 4.61. The Balaban J connectivity index is 4.20. The number of rotatable bonds is 6. The highest BCUT2D eigenvalue weighted by Gasteiger charge is 2.20. The van der Waals surface area contributed by atoms with Gasteiger partial charge in [-0.1, -0.05) is 13.8 Å². The van der Waals surface area contributed by atoms with Gasteiger partial charge in [0.05, 0.1) is 13.7 Å². The van der Waals surface area contributed by atoms with Crippen LogP contribution in [0, 0.1) is 5.92 Å². The van der Waals surface area contributed by atoms with Crippen LogP contribution in [0.15, 0.2) is 0 Å². The lowest BCUT2D eigenvalue weighted by atomic mass is 10.0. The van der Waals surface area contributed by atoms with Crippen molar-refractivity contribution in [3.05, 3.63) is 0 Å². The molecule has 0 aromatic heterocycles. The van der Waals surface area contributed by atoms with E-state index >= 15 is 0 Å². The lowest BCUT2D eigenvalue weighted by Gasteiger charge is -2.17. The molecule has 0 aliphatic heterocycles. The summed E-state index contributed by atoms with van der Waals surface area (Å²) in [7, 11) is 1.28. The van der Waals surface area contributed by atoms with Crippen molar-refractivity contribution in [3.8, 4) is 0 Å². The molecule has 0 bridgehead atoms. The zero-order valence-electron chi connectivity index (χ0n) is 10.3. The van der Waals surface area contributed by atoms with E-state index in [1.54, 1.807) is 0 Å². The van der Waals surface area contributed by atoms with Gasteiger partial charge in [0, 0.05) is 0 Å². The van der Waals surface area contributed by atoms with Gasteiger partial charge in [-0.2, -0.15) is 0 Å². The second-order valence-electron chi connectivity index (χ2n) is 4.00. The van der Waals surface area contributed by atoms with Crippen molar-refractivity contribution in [2.75, 3.05) is 13.7 Å². The molecule has 1 unspecified atom stereocenters. The zero-order chi connectivity index (χ0) is 13.4. The van der Waals surface area contributed by atoms with E-state index in [4.69, 9.17) is 5.73 Å². The third kappa shape index (κ3) is 7.29. The molecule has 0 heterocycles. The molecule has 0 aromatic rings. The third-order valence-corrected chi connectivity index (χ3v) is 1.96. The van der Waals surface area contributed by atoms with Crippen LogP contribution in [-0.4, -0.2) is 37.6 Å². The number of hydrogen-bond donors (Lipinski definition) is 3. The van der Waals surface area contributed by atoms with Gasteiger partial charge in [0.15, 0.2) is 0 Å². The largest absolute Gasteiger partial charge is 0.468 e. The number of nitrogens with two attached hydrogens (primary N) is 1. The maximum absolute atomic E-state index is 11.4. The van der Waals surface area contributed by atoms with Crippen LogP contribution in [0.1, 0.15) is 20.3 Å². The molecule has 0 radical (unpaired) electrons. The van der Waals surface area contributed by atoms with Crippen molar-refractivity contribution >= 4 is 17.9 Å². The van der Waals surface area contributed by atoms with E-state index in [0.717, 1.165) is 0 Å². The second kappa shape index (κ2) is 7.61. The molecule has 0 aliphatic carbocycles. The summed E-state index contributed by atoms with van der Waals surface area (Å²) in [6.07, 6.45) is 0.538. The van der Waals surface area contributed by atoms with Crippen molar-refractivity contribution in [3.63, 3.8) is 0 Å². The highest BCUT2D eigenvalue weighted by atomic mass is 16.5. The van der Waals surface area contributed by atoms with Gasteiger partial charge in [-0.05, 0) is 12.3 Å². The van der Waals surface area contributed by atoms with Crippen LogP contribution < -0.4 is 16.4 Å². The Bertz CT molecular complexity index is 291. The van der Waals surface area contributed by atoms with Gasteiger partial charge in [-0.3, -0.25) is 20.2 Å². The second-order valence-corrected chi connectivity index (χ2v) is 4.00. The van der Waals surface area contributed by atoms with Gasteiger partial charge in [-0.15, -0.1) is 0 Å². The molecule has 0 aromatic carbocycles. The Labute approximate surface area is 100 Å². The van der Waals surface area contributed by atoms with Crippen LogP contribution in [0.5, 0.6) is 0 Å². The average Bonchev–Trinajstić information content (AvgIpc) is 2.21. The minimum Gasteiger partial charge on any atom is -0.468 e. The van der Waals surface area contributed by atoms with Crippen LogP contribution in [-0.2, 0) is 14.3 Å². The number of amides is 3. The topological polar surface area (TPSA) is 111 Å². The Morgan fingerprint density at radius 3 is 2.29 bits per heavy atom. The molecule has 0 rings (SSSR count). The van der Waals surface area contributed by atoms with Crippen molar-refractivity contribution in [1.82, 2.24) is 10.6 Å². The quantitative estimate of drug-likeness (QED) is 0.539. The van der Waals surface area contributed by atoms with E-state index in [1.807, 2.05) is 19.2 Å². The first-order valence-corrected chi connectivity index (χ1v) is 5.27. The number of primary amides is 1. The third-order valence-electron chi connectivity index (χ3n) is 1.96. The first-order chi connectivity index (χ1) is 7.86. The monoisotopic (exact) mass is 245 g/mol. The fourth-order valence-corrected chi connectivity index (χ4v) is 1.27. The fourth-order valence-electron chi connectivity index (χ4n) is 1.27. The predicted molar refractivity (Wildman–Crippen MR) is 61.0 cm³/mol. The summed E-state index contributed by atoms with van der Waals surface area (Å²) in [5.74, 6) is -0.758. The molecular formula is C10H19N3O4. The van der Waals surface area contributed by atoms with Gasteiger partial charge in [0.1, 0.15) is 6.04 Å². The van der Waals surface area contributed by atoms with Crippen LogP contribution in [0.2, 0.25) is 0 Å². The predicted octanol–water partition coefficient (Wildman–Crippen LogP) is -0.641. The number of carbonyl (C=O) groups excluding carboxylic acids is 3. The Morgan fingerprint density at radius 2 is 1.88 bits per heavy atom. The molecule has 0 spiro atoms. The van der Waals surface area contributed by atoms with Crippen LogP contribution >= 0.6 is 0 Å². The van der Waals surface area contributed by atoms with Crippen LogP contribution in [0.3, 0.4) is 0 Å². The normalized spacial score (nSPS) is 12.0. The summed E-state index contributed by atoms with van der Waals surface area (Å²) < 4.78 is 4.60. The van der Waals surface area contributed by atoms with E-state index in [-0.39, 0.29) is 12.5 Å². The number of imide groups is 1. The smallest absolute Gasteiger partial charge is 0.322 e. The molecule has 4 N–H and O–H groups in total. The van der Waals surface area contributed by atoms with Gasteiger partial charge in [0.25, 0.3) is 0 Å². The molecule has 7 nitrogen and oxygen atoms in total. The number of carbonyl (C=O) groups is 3. The summed E-state index contributed by atoms with van der Waals surface area (Å²) in [6, 6.07) is -1.49. The number of methoxy groups -OCH3 is 1. The fraction of sp³-hybridized carbons (Fsp3) is 0.700. The SMILES string of the molecule is COC(=O)C(CC(C)C)NCC(=O)NC(N)=O. The molecule has 0 saturated heterocycles.